The van der Waals surface area contributed by atoms with E-state index in [2.05, 4.69) is 39.9 Å². The number of hydrogen-bond donors (Lipinski definition) is 0. The summed E-state index contributed by atoms with van der Waals surface area (Å²) in [5.41, 5.74) is 8.16. The van der Waals surface area contributed by atoms with Crippen molar-refractivity contribution in [1.29, 1.82) is 0 Å². The van der Waals surface area contributed by atoms with Crippen molar-refractivity contribution in [2.24, 2.45) is 4.99 Å². The van der Waals surface area contributed by atoms with Crippen molar-refractivity contribution >= 4 is 33.2 Å². The maximum absolute atomic E-state index is 14.3. The number of rotatable bonds is 17. The number of aryl methyl sites for hydroxylation is 1. The van der Waals surface area contributed by atoms with Gasteiger partial charge in [-0.15, -0.1) is 0 Å². The molecule has 4 heterocycles. The fourth-order valence-electron chi connectivity index (χ4n) is 6.61. The Morgan fingerprint density at radius 2 is 1.00 bits per heavy atom. The number of aliphatic imine (C=N–C) groups is 1. The smallest absolute Gasteiger partial charge is 0.339 e. The van der Waals surface area contributed by atoms with Crippen LogP contribution >= 0.6 is 12.2 Å². The van der Waals surface area contributed by atoms with Crippen LogP contribution < -0.4 is 4.18 Å². The van der Waals surface area contributed by atoms with Gasteiger partial charge < -0.3 is 4.18 Å². The fourth-order valence-corrected chi connectivity index (χ4v) is 7.71. The quantitative estimate of drug-likeness (QED) is 0.0502. The highest BCUT2D eigenvalue weighted by atomic mass is 32.2. The molecule has 58 heavy (non-hydrogen) atoms. The molecule has 290 valence electrons. The van der Waals surface area contributed by atoms with Crippen molar-refractivity contribution in [2.45, 2.75) is 51.1 Å². The van der Waals surface area contributed by atoms with E-state index < -0.39 is 10.1 Å². The van der Waals surface area contributed by atoms with Crippen molar-refractivity contribution in [3.63, 3.8) is 0 Å². The van der Waals surface area contributed by atoms with Gasteiger partial charge in [0.1, 0.15) is 4.90 Å². The summed E-state index contributed by atoms with van der Waals surface area (Å²) in [5, 5.41) is 2.43. The lowest BCUT2D eigenvalue weighted by Gasteiger charge is -2.27. The minimum absolute atomic E-state index is 0.0615. The zero-order valence-electron chi connectivity index (χ0n) is 31.9. The molecule has 0 N–H and O–H groups in total. The normalized spacial score (nSPS) is 11.4. The van der Waals surface area contributed by atoms with E-state index >= 15 is 0 Å². The van der Waals surface area contributed by atoms with Gasteiger partial charge in [0.15, 0.2) is 5.75 Å². The van der Waals surface area contributed by atoms with E-state index in [4.69, 9.17) is 16.4 Å². The molecule has 3 aromatic carbocycles. The molecule has 0 aliphatic heterocycles. The van der Waals surface area contributed by atoms with Gasteiger partial charge in [0.05, 0.1) is 33.6 Å². The summed E-state index contributed by atoms with van der Waals surface area (Å²) in [4.78, 5) is 27.1. The highest BCUT2D eigenvalue weighted by Crippen LogP contribution is 2.36. The number of pyridine rings is 4. The molecule has 0 unspecified atom stereocenters. The summed E-state index contributed by atoms with van der Waals surface area (Å²) >= 11 is 4.85. The summed E-state index contributed by atoms with van der Waals surface area (Å²) in [5.74, 6) is 0.255. The van der Waals surface area contributed by atoms with Crippen LogP contribution in [0.2, 0.25) is 0 Å². The standard InChI is InChI=1S/C46H41N7O3S2/c1-35-14-20-45(21-15-35)58(54,55)56-46-38(28-52(30-41-10-2-6-22-47-41)31-42-11-3-7-23-48-42)26-37(36-16-18-40(19-17-36)51-34-57)27-39(46)29-53(32-43-12-4-8-24-49-43)33-44-13-5-9-25-50-44/h2-27H,28-33H2,1H3. The monoisotopic (exact) mass is 803 g/mol. The van der Waals surface area contributed by atoms with Crippen molar-refractivity contribution < 1.29 is 12.6 Å². The first-order valence-electron chi connectivity index (χ1n) is 18.7. The van der Waals surface area contributed by atoms with Gasteiger partial charge in [-0.3, -0.25) is 29.7 Å². The van der Waals surface area contributed by atoms with Crippen LogP contribution in [0.5, 0.6) is 5.75 Å². The zero-order chi connectivity index (χ0) is 40.2. The third-order valence-corrected chi connectivity index (χ3v) is 10.7. The Morgan fingerprint density at radius 3 is 1.38 bits per heavy atom. The summed E-state index contributed by atoms with van der Waals surface area (Å²) in [6, 6.07) is 41.7. The van der Waals surface area contributed by atoms with Crippen LogP contribution in [-0.2, 0) is 49.4 Å². The Morgan fingerprint density at radius 1 is 0.569 bits per heavy atom. The second-order valence-electron chi connectivity index (χ2n) is 13.8. The summed E-state index contributed by atoms with van der Waals surface area (Å²) in [6.07, 6.45) is 7.08. The maximum Gasteiger partial charge on any atom is 0.339 e. The molecule has 0 amide bonds. The first kappa shape index (κ1) is 39.9. The van der Waals surface area contributed by atoms with E-state index in [1.54, 1.807) is 49.1 Å². The molecule has 0 saturated heterocycles. The lowest BCUT2D eigenvalue weighted by atomic mass is 9.97. The van der Waals surface area contributed by atoms with E-state index in [1.807, 2.05) is 116 Å². The topological polar surface area (TPSA) is 114 Å². The van der Waals surface area contributed by atoms with E-state index in [0.29, 0.717) is 56.1 Å². The molecule has 0 fully saturated rings. The van der Waals surface area contributed by atoms with Crippen LogP contribution in [0.4, 0.5) is 5.69 Å². The molecule has 0 aliphatic carbocycles. The first-order valence-corrected chi connectivity index (χ1v) is 20.5. The Kier molecular flexibility index (Phi) is 13.3. The van der Waals surface area contributed by atoms with Crippen molar-refractivity contribution in [2.75, 3.05) is 0 Å². The minimum atomic E-state index is -4.29. The molecule has 7 rings (SSSR count). The minimum Gasteiger partial charge on any atom is -0.378 e. The number of hydrogen-bond acceptors (Lipinski definition) is 11. The number of aromatic nitrogens is 4. The van der Waals surface area contributed by atoms with Crippen LogP contribution in [0.1, 0.15) is 39.5 Å². The summed E-state index contributed by atoms with van der Waals surface area (Å²) in [7, 11) is -4.29. The van der Waals surface area contributed by atoms with E-state index in [-0.39, 0.29) is 10.6 Å². The third-order valence-electron chi connectivity index (χ3n) is 9.36. The predicted octanol–water partition coefficient (Wildman–Crippen LogP) is 9.15. The van der Waals surface area contributed by atoms with E-state index in [9.17, 15) is 8.42 Å². The molecule has 0 spiro atoms. The van der Waals surface area contributed by atoms with Crippen LogP contribution in [0.15, 0.2) is 168 Å². The van der Waals surface area contributed by atoms with E-state index in [1.165, 1.54) is 0 Å². The molecule has 0 atom stereocenters. The van der Waals surface area contributed by atoms with Gasteiger partial charge in [0.2, 0.25) is 0 Å². The molecule has 0 aliphatic rings. The molecule has 7 aromatic rings. The number of isothiocyanates is 1. The number of thiocarbonyl (C=S) groups is 1. The van der Waals surface area contributed by atoms with Gasteiger partial charge in [-0.1, -0.05) is 54.1 Å². The SMILES string of the molecule is Cc1ccc(S(=O)(=O)Oc2c(CN(Cc3ccccn3)Cc3ccccn3)cc(-c3ccc(N=C=S)cc3)cc2CN(Cc2ccccn2)Cc2ccccn2)cc1. The molecule has 0 bridgehead atoms. The number of nitrogens with zero attached hydrogens (tertiary/aromatic N) is 7. The van der Waals surface area contributed by atoms with Crippen LogP contribution in [-0.4, -0.2) is 43.3 Å². The second-order valence-corrected chi connectivity index (χ2v) is 15.5. The van der Waals surface area contributed by atoms with Gasteiger partial charge in [-0.2, -0.15) is 13.4 Å². The Labute approximate surface area is 344 Å². The average molecular weight is 804 g/mol. The van der Waals surface area contributed by atoms with Crippen LogP contribution in [0, 0.1) is 6.92 Å². The Balaban J connectivity index is 1.40. The van der Waals surface area contributed by atoms with Crippen molar-refractivity contribution in [3.05, 3.63) is 198 Å². The summed E-state index contributed by atoms with van der Waals surface area (Å²) < 4.78 is 34.9. The molecular formula is C46H41N7O3S2. The highest BCUT2D eigenvalue weighted by molar-refractivity contribution is 7.87. The highest BCUT2D eigenvalue weighted by Gasteiger charge is 2.26. The molecule has 0 radical (unpaired) electrons. The van der Waals surface area contributed by atoms with Gasteiger partial charge in [0, 0.05) is 75.2 Å². The van der Waals surface area contributed by atoms with Crippen LogP contribution in [0.25, 0.3) is 11.1 Å². The Bertz CT molecular complexity index is 2370. The van der Waals surface area contributed by atoms with Gasteiger partial charge in [-0.25, -0.2) is 0 Å². The zero-order valence-corrected chi connectivity index (χ0v) is 33.6. The van der Waals surface area contributed by atoms with Gasteiger partial charge in [-0.05, 0) is 115 Å². The number of benzene rings is 3. The third kappa shape index (κ3) is 11.0. The molecule has 4 aromatic heterocycles. The van der Waals surface area contributed by atoms with Crippen molar-refractivity contribution in [1.82, 2.24) is 29.7 Å². The first-order chi connectivity index (χ1) is 28.3. The second kappa shape index (κ2) is 19.3. The fraction of sp³-hybridized carbons (Fsp3) is 0.152. The van der Waals surface area contributed by atoms with Crippen LogP contribution in [0.3, 0.4) is 0 Å². The average Bonchev–Trinajstić information content (AvgIpc) is 3.24. The largest absolute Gasteiger partial charge is 0.378 e. The molecule has 12 heteroatoms. The molecular weight excluding hydrogens is 763 g/mol. The molecule has 0 saturated carbocycles. The maximum atomic E-state index is 14.3. The van der Waals surface area contributed by atoms with Gasteiger partial charge in [0.25, 0.3) is 0 Å². The summed E-state index contributed by atoms with van der Waals surface area (Å²) in [6.45, 7) is 4.40. The Hall–Kier alpha value is -6.27. The molecule has 10 nitrogen and oxygen atoms in total. The van der Waals surface area contributed by atoms with E-state index in [0.717, 1.165) is 39.5 Å². The van der Waals surface area contributed by atoms with Crippen molar-refractivity contribution in [3.8, 4) is 16.9 Å². The predicted molar refractivity (Wildman–Crippen MR) is 228 cm³/mol. The lowest BCUT2D eigenvalue weighted by Crippen LogP contribution is -2.26. The lowest BCUT2D eigenvalue weighted by molar-refractivity contribution is 0.234. The van der Waals surface area contributed by atoms with Gasteiger partial charge >= 0.3 is 10.1 Å².